The van der Waals surface area contributed by atoms with E-state index < -0.39 is 12.1 Å². The predicted molar refractivity (Wildman–Crippen MR) is 36.7 cm³/mol. The zero-order valence-corrected chi connectivity index (χ0v) is 6.46. The summed E-state index contributed by atoms with van der Waals surface area (Å²) in [7, 11) is 1.17. The number of aliphatic hydroxyl groups excluding tert-OH is 1. The van der Waals surface area contributed by atoms with Gasteiger partial charge in [0, 0.05) is 6.92 Å². The number of hydrogen-bond acceptors (Lipinski definition) is 4. The van der Waals surface area contributed by atoms with Crippen LogP contribution in [-0.4, -0.2) is 36.7 Å². The highest BCUT2D eigenvalue weighted by molar-refractivity contribution is 5.77. The Morgan fingerprint density at radius 3 is 2.55 bits per heavy atom. The molecule has 5 nitrogen and oxygen atoms in total. The van der Waals surface area contributed by atoms with Gasteiger partial charge in [0.15, 0.2) is 6.10 Å². The number of rotatable bonds is 3. The van der Waals surface area contributed by atoms with Crippen LogP contribution in [0.2, 0.25) is 0 Å². The lowest BCUT2D eigenvalue weighted by Crippen LogP contribution is -2.36. The third-order valence-electron chi connectivity index (χ3n) is 1.02. The van der Waals surface area contributed by atoms with E-state index in [2.05, 4.69) is 10.1 Å². The number of methoxy groups -OCH3 is 1. The molecular weight excluding hydrogens is 150 g/mol. The van der Waals surface area contributed by atoms with Gasteiger partial charge in [-0.25, -0.2) is 4.79 Å². The minimum Gasteiger partial charge on any atom is -0.467 e. The maximum absolute atomic E-state index is 10.5. The number of esters is 1. The van der Waals surface area contributed by atoms with Crippen LogP contribution in [0, 0.1) is 0 Å². The van der Waals surface area contributed by atoms with Crippen LogP contribution in [0.25, 0.3) is 0 Å². The molecule has 0 aromatic rings. The Morgan fingerprint density at radius 2 is 2.18 bits per heavy atom. The lowest BCUT2D eigenvalue weighted by Gasteiger charge is -2.07. The highest BCUT2D eigenvalue weighted by Crippen LogP contribution is 1.83. The molecule has 64 valence electrons. The van der Waals surface area contributed by atoms with Crippen LogP contribution in [0.3, 0.4) is 0 Å². The van der Waals surface area contributed by atoms with Crippen molar-refractivity contribution >= 4 is 11.9 Å². The van der Waals surface area contributed by atoms with Gasteiger partial charge in [0.1, 0.15) is 0 Å². The molecule has 0 aliphatic carbocycles. The maximum atomic E-state index is 10.5. The Hall–Kier alpha value is -1.10. The monoisotopic (exact) mass is 161 g/mol. The molecule has 0 aliphatic heterocycles. The first-order valence-electron chi connectivity index (χ1n) is 3.08. The first-order chi connectivity index (χ1) is 5.07. The van der Waals surface area contributed by atoms with E-state index in [0.717, 1.165) is 0 Å². The fourth-order valence-corrected chi connectivity index (χ4v) is 0.460. The van der Waals surface area contributed by atoms with Crippen molar-refractivity contribution in [1.82, 2.24) is 5.32 Å². The Morgan fingerprint density at radius 1 is 1.64 bits per heavy atom. The molecule has 0 saturated heterocycles. The lowest BCUT2D eigenvalue weighted by molar-refractivity contribution is -0.150. The Balaban J connectivity index is 3.60. The molecule has 0 aliphatic rings. The number of amides is 1. The largest absolute Gasteiger partial charge is 0.467 e. The summed E-state index contributed by atoms with van der Waals surface area (Å²) in [6.45, 7) is 1.19. The summed E-state index contributed by atoms with van der Waals surface area (Å²) in [5.74, 6) is -1.05. The van der Waals surface area contributed by atoms with Crippen LogP contribution in [0.4, 0.5) is 0 Å². The molecule has 0 bridgehead atoms. The summed E-state index contributed by atoms with van der Waals surface area (Å²) in [4.78, 5) is 20.8. The van der Waals surface area contributed by atoms with Gasteiger partial charge in [-0.05, 0) is 0 Å². The molecule has 0 unspecified atom stereocenters. The standard InChI is InChI=1S/C6H11NO4/c1-4(8)7-3-5(9)6(10)11-2/h5,9H,3H2,1-2H3,(H,7,8)/t5-/m0/s1. The highest BCUT2D eigenvalue weighted by Gasteiger charge is 2.14. The Labute approximate surface area is 64.3 Å². The van der Waals surface area contributed by atoms with Gasteiger partial charge < -0.3 is 15.2 Å². The Bertz CT molecular complexity index is 157. The van der Waals surface area contributed by atoms with Crippen molar-refractivity contribution in [3.8, 4) is 0 Å². The van der Waals surface area contributed by atoms with Gasteiger partial charge in [-0.15, -0.1) is 0 Å². The van der Waals surface area contributed by atoms with Crippen LogP contribution in [0.5, 0.6) is 0 Å². The SMILES string of the molecule is COC(=O)[C@@H](O)CNC(C)=O. The van der Waals surface area contributed by atoms with Gasteiger partial charge in [0.2, 0.25) is 5.91 Å². The molecule has 2 N–H and O–H groups in total. The third kappa shape index (κ3) is 4.32. The molecule has 0 spiro atoms. The first-order valence-corrected chi connectivity index (χ1v) is 3.08. The molecule has 0 aromatic carbocycles. The first kappa shape index (κ1) is 9.90. The van der Waals surface area contributed by atoms with Crippen molar-refractivity contribution in [3.63, 3.8) is 0 Å². The van der Waals surface area contributed by atoms with Gasteiger partial charge in [-0.1, -0.05) is 0 Å². The number of hydrogen-bond donors (Lipinski definition) is 2. The minimum absolute atomic E-state index is 0.109. The second kappa shape index (κ2) is 4.68. The van der Waals surface area contributed by atoms with E-state index in [1.165, 1.54) is 14.0 Å². The molecule has 1 amide bonds. The van der Waals surface area contributed by atoms with Crippen molar-refractivity contribution in [2.45, 2.75) is 13.0 Å². The van der Waals surface area contributed by atoms with Crippen molar-refractivity contribution in [1.29, 1.82) is 0 Å². The fourth-order valence-electron chi connectivity index (χ4n) is 0.460. The molecule has 0 rings (SSSR count). The van der Waals surface area contributed by atoms with Crippen molar-refractivity contribution in [3.05, 3.63) is 0 Å². The van der Waals surface area contributed by atoms with Crippen LogP contribution >= 0.6 is 0 Å². The maximum Gasteiger partial charge on any atom is 0.336 e. The average Bonchev–Trinajstić information content (AvgIpc) is 1.98. The van der Waals surface area contributed by atoms with Gasteiger partial charge in [-0.3, -0.25) is 4.79 Å². The fraction of sp³-hybridized carbons (Fsp3) is 0.667. The van der Waals surface area contributed by atoms with Gasteiger partial charge in [0.05, 0.1) is 13.7 Å². The zero-order valence-electron chi connectivity index (χ0n) is 6.46. The molecule has 5 heteroatoms. The topological polar surface area (TPSA) is 75.6 Å². The van der Waals surface area contributed by atoms with E-state index in [9.17, 15) is 9.59 Å². The number of ether oxygens (including phenoxy) is 1. The summed E-state index contributed by atoms with van der Waals surface area (Å²) in [6, 6.07) is 0. The summed E-state index contributed by atoms with van der Waals surface area (Å²) in [5.41, 5.74) is 0. The Kier molecular flexibility index (Phi) is 4.21. The molecule has 0 aromatic heterocycles. The normalized spacial score (nSPS) is 11.9. The smallest absolute Gasteiger partial charge is 0.336 e. The second-order valence-corrected chi connectivity index (χ2v) is 1.98. The van der Waals surface area contributed by atoms with E-state index in [1.807, 2.05) is 0 Å². The van der Waals surface area contributed by atoms with Crippen LogP contribution in [-0.2, 0) is 14.3 Å². The van der Waals surface area contributed by atoms with Gasteiger partial charge in [-0.2, -0.15) is 0 Å². The van der Waals surface area contributed by atoms with Crippen LogP contribution in [0.1, 0.15) is 6.92 Å². The molecule has 0 saturated carbocycles. The van der Waals surface area contributed by atoms with E-state index in [-0.39, 0.29) is 12.5 Å². The third-order valence-corrected chi connectivity index (χ3v) is 1.02. The summed E-state index contributed by atoms with van der Waals surface area (Å²) < 4.78 is 4.20. The number of carbonyl (C=O) groups is 2. The van der Waals surface area contributed by atoms with E-state index in [1.54, 1.807) is 0 Å². The minimum atomic E-state index is -1.27. The number of aliphatic hydroxyl groups is 1. The number of nitrogens with one attached hydrogen (secondary N) is 1. The summed E-state index contributed by atoms with van der Waals surface area (Å²) >= 11 is 0. The molecule has 0 radical (unpaired) electrons. The summed E-state index contributed by atoms with van der Waals surface area (Å²) in [5, 5.41) is 11.1. The van der Waals surface area contributed by atoms with Gasteiger partial charge >= 0.3 is 5.97 Å². The second-order valence-electron chi connectivity index (χ2n) is 1.98. The molecule has 11 heavy (non-hydrogen) atoms. The number of carbonyl (C=O) groups excluding carboxylic acids is 2. The van der Waals surface area contributed by atoms with Crippen LogP contribution in [0.15, 0.2) is 0 Å². The molecule has 0 heterocycles. The predicted octanol–water partition coefficient (Wildman–Crippen LogP) is -1.34. The zero-order chi connectivity index (χ0) is 8.85. The van der Waals surface area contributed by atoms with Crippen LogP contribution < -0.4 is 5.32 Å². The highest BCUT2D eigenvalue weighted by atomic mass is 16.5. The quantitative estimate of drug-likeness (QED) is 0.502. The lowest BCUT2D eigenvalue weighted by atomic mass is 10.3. The van der Waals surface area contributed by atoms with Gasteiger partial charge in [0.25, 0.3) is 0 Å². The van der Waals surface area contributed by atoms with E-state index >= 15 is 0 Å². The van der Waals surface area contributed by atoms with Crippen molar-refractivity contribution < 1.29 is 19.4 Å². The van der Waals surface area contributed by atoms with E-state index in [0.29, 0.717) is 0 Å². The molecular formula is C6H11NO4. The molecule has 1 atom stereocenters. The van der Waals surface area contributed by atoms with E-state index in [4.69, 9.17) is 5.11 Å². The van der Waals surface area contributed by atoms with Crippen molar-refractivity contribution in [2.24, 2.45) is 0 Å². The van der Waals surface area contributed by atoms with Crippen molar-refractivity contribution in [2.75, 3.05) is 13.7 Å². The molecule has 0 fully saturated rings. The summed E-state index contributed by atoms with van der Waals surface area (Å²) in [6.07, 6.45) is -1.27. The average molecular weight is 161 g/mol.